The number of carbonyl (C=O) groups excluding carboxylic acids is 1. The molecule has 2 unspecified atom stereocenters. The zero-order chi connectivity index (χ0) is 13.0. The standard InChI is InChI=1S/C15H26ClNO/c1-12-9-10-17(14(12)11-16)15(18)13-7-5-3-2-4-6-8-13/h12-14H,2-11H2,1H3. The van der Waals surface area contributed by atoms with Gasteiger partial charge in [-0.15, -0.1) is 11.6 Å². The van der Waals surface area contributed by atoms with Crippen molar-refractivity contribution < 1.29 is 4.79 Å². The molecule has 0 aromatic rings. The van der Waals surface area contributed by atoms with Gasteiger partial charge in [-0.05, 0) is 25.2 Å². The first kappa shape index (κ1) is 14.2. The molecule has 0 radical (unpaired) electrons. The maximum Gasteiger partial charge on any atom is 0.225 e. The molecule has 1 aliphatic heterocycles. The van der Waals surface area contributed by atoms with Gasteiger partial charge in [0.05, 0.1) is 0 Å². The third-order valence-electron chi connectivity index (χ3n) is 4.78. The molecule has 2 rings (SSSR count). The molecule has 2 aliphatic rings. The number of hydrogen-bond donors (Lipinski definition) is 0. The first-order valence-corrected chi connectivity index (χ1v) is 8.14. The van der Waals surface area contributed by atoms with Crippen LogP contribution >= 0.6 is 11.6 Å². The molecule has 0 bridgehead atoms. The first-order valence-electron chi connectivity index (χ1n) is 7.60. The normalized spacial score (nSPS) is 31.1. The fourth-order valence-electron chi connectivity index (χ4n) is 3.45. The largest absolute Gasteiger partial charge is 0.338 e. The third-order valence-corrected chi connectivity index (χ3v) is 5.09. The van der Waals surface area contributed by atoms with E-state index >= 15 is 0 Å². The zero-order valence-electron chi connectivity index (χ0n) is 11.5. The number of nitrogens with zero attached hydrogens (tertiary/aromatic N) is 1. The number of hydrogen-bond acceptors (Lipinski definition) is 1. The van der Waals surface area contributed by atoms with Gasteiger partial charge in [0, 0.05) is 24.4 Å². The van der Waals surface area contributed by atoms with Crippen molar-refractivity contribution in [1.29, 1.82) is 0 Å². The van der Waals surface area contributed by atoms with E-state index in [4.69, 9.17) is 11.6 Å². The van der Waals surface area contributed by atoms with Gasteiger partial charge < -0.3 is 4.90 Å². The highest BCUT2D eigenvalue weighted by Crippen LogP contribution is 2.30. The third kappa shape index (κ3) is 3.20. The van der Waals surface area contributed by atoms with Crippen molar-refractivity contribution in [3.63, 3.8) is 0 Å². The number of rotatable bonds is 2. The summed E-state index contributed by atoms with van der Waals surface area (Å²) in [7, 11) is 0. The van der Waals surface area contributed by atoms with Crippen LogP contribution in [0.25, 0.3) is 0 Å². The molecule has 1 saturated heterocycles. The molecular formula is C15H26ClNO. The van der Waals surface area contributed by atoms with Gasteiger partial charge in [-0.3, -0.25) is 4.79 Å². The van der Waals surface area contributed by atoms with Crippen molar-refractivity contribution in [3.8, 4) is 0 Å². The predicted molar refractivity (Wildman–Crippen MR) is 75.8 cm³/mol. The lowest BCUT2D eigenvalue weighted by Crippen LogP contribution is -2.42. The Hall–Kier alpha value is -0.240. The minimum atomic E-state index is 0.279. The zero-order valence-corrected chi connectivity index (χ0v) is 12.3. The maximum absolute atomic E-state index is 12.6. The number of halogens is 1. The maximum atomic E-state index is 12.6. The van der Waals surface area contributed by atoms with Crippen LogP contribution in [0.4, 0.5) is 0 Å². The van der Waals surface area contributed by atoms with Crippen molar-refractivity contribution in [2.75, 3.05) is 12.4 Å². The fraction of sp³-hybridized carbons (Fsp3) is 0.933. The number of alkyl halides is 1. The van der Waals surface area contributed by atoms with Crippen molar-refractivity contribution in [1.82, 2.24) is 4.90 Å². The van der Waals surface area contributed by atoms with E-state index in [1.165, 1.54) is 32.1 Å². The van der Waals surface area contributed by atoms with Crippen LogP contribution < -0.4 is 0 Å². The summed E-state index contributed by atoms with van der Waals surface area (Å²) in [6.45, 7) is 3.15. The number of amides is 1. The summed E-state index contributed by atoms with van der Waals surface area (Å²) >= 11 is 6.04. The molecule has 1 aliphatic carbocycles. The monoisotopic (exact) mass is 271 g/mol. The van der Waals surface area contributed by atoms with Gasteiger partial charge in [0.1, 0.15) is 0 Å². The summed E-state index contributed by atoms with van der Waals surface area (Å²) in [6, 6.07) is 0.282. The molecule has 0 N–H and O–H groups in total. The predicted octanol–water partition coefficient (Wildman–Crippen LogP) is 3.82. The van der Waals surface area contributed by atoms with E-state index in [0.717, 1.165) is 25.8 Å². The van der Waals surface area contributed by atoms with Crippen LogP contribution in [0.2, 0.25) is 0 Å². The van der Waals surface area contributed by atoms with E-state index in [-0.39, 0.29) is 12.0 Å². The summed E-state index contributed by atoms with van der Waals surface area (Å²) in [5.41, 5.74) is 0. The quantitative estimate of drug-likeness (QED) is 0.699. The Kier molecular flexibility index (Phi) is 5.35. The molecule has 2 atom stereocenters. The van der Waals surface area contributed by atoms with E-state index in [1.807, 2.05) is 0 Å². The topological polar surface area (TPSA) is 20.3 Å². The minimum Gasteiger partial charge on any atom is -0.338 e. The van der Waals surface area contributed by atoms with Crippen LogP contribution in [0.3, 0.4) is 0 Å². The Morgan fingerprint density at radius 2 is 1.72 bits per heavy atom. The van der Waals surface area contributed by atoms with Gasteiger partial charge >= 0.3 is 0 Å². The molecule has 104 valence electrons. The molecule has 0 aromatic carbocycles. The summed E-state index contributed by atoms with van der Waals surface area (Å²) in [4.78, 5) is 14.7. The van der Waals surface area contributed by atoms with E-state index in [1.54, 1.807) is 0 Å². The van der Waals surface area contributed by atoms with Crippen molar-refractivity contribution in [2.45, 2.75) is 64.3 Å². The number of carbonyl (C=O) groups is 1. The molecule has 18 heavy (non-hydrogen) atoms. The second kappa shape index (κ2) is 6.79. The Labute approximate surface area is 116 Å². The molecule has 1 heterocycles. The van der Waals surface area contributed by atoms with Crippen molar-refractivity contribution >= 4 is 17.5 Å². The van der Waals surface area contributed by atoms with E-state index in [2.05, 4.69) is 11.8 Å². The summed E-state index contributed by atoms with van der Waals surface area (Å²) in [5.74, 6) is 1.84. The van der Waals surface area contributed by atoms with Crippen molar-refractivity contribution in [3.05, 3.63) is 0 Å². The Morgan fingerprint density at radius 1 is 1.11 bits per heavy atom. The molecule has 1 amide bonds. The highest BCUT2D eigenvalue weighted by molar-refractivity contribution is 6.18. The molecule has 1 saturated carbocycles. The van der Waals surface area contributed by atoms with Crippen LogP contribution in [0.15, 0.2) is 0 Å². The lowest BCUT2D eigenvalue weighted by molar-refractivity contribution is -0.137. The fourth-order valence-corrected chi connectivity index (χ4v) is 3.93. The van der Waals surface area contributed by atoms with Gasteiger partial charge in [0.25, 0.3) is 0 Å². The van der Waals surface area contributed by atoms with E-state index in [9.17, 15) is 4.79 Å². The van der Waals surface area contributed by atoms with Crippen LogP contribution in [-0.4, -0.2) is 29.3 Å². The molecular weight excluding hydrogens is 246 g/mol. The lowest BCUT2D eigenvalue weighted by atomic mass is 9.90. The highest BCUT2D eigenvalue weighted by atomic mass is 35.5. The van der Waals surface area contributed by atoms with Gasteiger partial charge in [0.2, 0.25) is 5.91 Å². The Bertz CT molecular complexity index is 274. The van der Waals surface area contributed by atoms with Crippen LogP contribution in [0.1, 0.15) is 58.3 Å². The minimum absolute atomic E-state index is 0.279. The van der Waals surface area contributed by atoms with Gasteiger partial charge in [-0.25, -0.2) is 0 Å². The Morgan fingerprint density at radius 3 is 2.33 bits per heavy atom. The Balaban J connectivity index is 1.96. The van der Waals surface area contributed by atoms with Crippen molar-refractivity contribution in [2.24, 2.45) is 11.8 Å². The van der Waals surface area contributed by atoms with E-state index in [0.29, 0.717) is 17.7 Å². The smallest absolute Gasteiger partial charge is 0.225 e. The average Bonchev–Trinajstić information content (AvgIpc) is 2.69. The molecule has 0 aromatic heterocycles. The molecule has 0 spiro atoms. The lowest BCUT2D eigenvalue weighted by Gasteiger charge is -2.30. The van der Waals surface area contributed by atoms with Crippen LogP contribution in [-0.2, 0) is 4.79 Å². The van der Waals surface area contributed by atoms with Gasteiger partial charge in [0.15, 0.2) is 0 Å². The second-order valence-electron chi connectivity index (χ2n) is 6.06. The average molecular weight is 272 g/mol. The summed E-state index contributed by atoms with van der Waals surface area (Å²) in [6.07, 6.45) is 9.73. The van der Waals surface area contributed by atoms with Gasteiger partial charge in [-0.1, -0.05) is 39.0 Å². The second-order valence-corrected chi connectivity index (χ2v) is 6.37. The van der Waals surface area contributed by atoms with Crippen LogP contribution in [0, 0.1) is 11.8 Å². The van der Waals surface area contributed by atoms with E-state index < -0.39 is 0 Å². The molecule has 2 nitrogen and oxygen atoms in total. The molecule has 2 fully saturated rings. The van der Waals surface area contributed by atoms with Gasteiger partial charge in [-0.2, -0.15) is 0 Å². The first-order chi connectivity index (χ1) is 8.74. The highest BCUT2D eigenvalue weighted by Gasteiger charge is 2.36. The van der Waals surface area contributed by atoms with Crippen LogP contribution in [0.5, 0.6) is 0 Å². The number of likely N-dealkylation sites (tertiary alicyclic amines) is 1. The molecule has 3 heteroatoms. The summed E-state index contributed by atoms with van der Waals surface area (Å²) in [5, 5.41) is 0. The SMILES string of the molecule is CC1CCN(C(=O)C2CCCCCCC2)C1CCl. The summed E-state index contributed by atoms with van der Waals surface area (Å²) < 4.78 is 0.